The van der Waals surface area contributed by atoms with Crippen molar-refractivity contribution in [3.8, 4) is 0 Å². The van der Waals surface area contributed by atoms with E-state index >= 15 is 0 Å². The molecule has 0 aliphatic carbocycles. The molecule has 0 radical (unpaired) electrons. The van der Waals surface area contributed by atoms with Crippen LogP contribution >= 0.6 is 0 Å². The first kappa shape index (κ1) is 10.5. The summed E-state index contributed by atoms with van der Waals surface area (Å²) in [5.74, 6) is 0.268. The number of piperidine rings is 1. The third-order valence-corrected chi connectivity index (χ3v) is 2.51. The first-order valence-corrected chi connectivity index (χ1v) is 5.03. The molecular weight excluding hydrogens is 166 g/mol. The molecule has 1 saturated heterocycles. The van der Waals surface area contributed by atoms with Gasteiger partial charge in [-0.25, -0.2) is 0 Å². The van der Waals surface area contributed by atoms with Crippen LogP contribution in [0.5, 0.6) is 0 Å². The Morgan fingerprint density at radius 3 is 2.54 bits per heavy atom. The van der Waals surface area contributed by atoms with E-state index in [1.54, 1.807) is 7.11 Å². The molecule has 1 aliphatic rings. The minimum absolute atomic E-state index is 0.0168. The van der Waals surface area contributed by atoms with E-state index in [4.69, 9.17) is 4.74 Å². The lowest BCUT2D eigenvalue weighted by Crippen LogP contribution is -2.40. The zero-order valence-electron chi connectivity index (χ0n) is 8.58. The second kappa shape index (κ2) is 5.22. The second-order valence-corrected chi connectivity index (χ2v) is 3.74. The number of rotatable bonds is 3. The van der Waals surface area contributed by atoms with E-state index in [1.165, 1.54) is 6.42 Å². The molecule has 1 amide bonds. The minimum atomic E-state index is 0.0168. The van der Waals surface area contributed by atoms with Gasteiger partial charge < -0.3 is 9.64 Å². The van der Waals surface area contributed by atoms with Gasteiger partial charge in [-0.3, -0.25) is 4.79 Å². The van der Waals surface area contributed by atoms with Gasteiger partial charge in [-0.15, -0.1) is 0 Å². The number of hydrogen-bond donors (Lipinski definition) is 0. The summed E-state index contributed by atoms with van der Waals surface area (Å²) in [5, 5.41) is 0. The van der Waals surface area contributed by atoms with Crippen molar-refractivity contribution in [2.24, 2.45) is 5.92 Å². The molecule has 3 heteroatoms. The van der Waals surface area contributed by atoms with Crippen molar-refractivity contribution in [3.63, 3.8) is 0 Å². The predicted molar refractivity (Wildman–Crippen MR) is 51.5 cm³/mol. The largest absolute Gasteiger partial charge is 0.384 e. The van der Waals surface area contributed by atoms with E-state index in [0.29, 0.717) is 6.61 Å². The third kappa shape index (κ3) is 2.99. The van der Waals surface area contributed by atoms with Crippen LogP contribution in [0.25, 0.3) is 0 Å². The van der Waals surface area contributed by atoms with Gasteiger partial charge >= 0.3 is 0 Å². The lowest BCUT2D eigenvalue weighted by atomic mass is 10.1. The molecule has 0 aromatic rings. The normalized spacial score (nSPS) is 20.0. The predicted octanol–water partition coefficient (Wildman–Crippen LogP) is 1.28. The Bertz CT molecular complexity index is 164. The Balaban J connectivity index is 2.36. The monoisotopic (exact) mass is 185 g/mol. The van der Waals surface area contributed by atoms with Crippen LogP contribution in [0.2, 0.25) is 0 Å². The first-order chi connectivity index (χ1) is 6.25. The Morgan fingerprint density at radius 2 is 2.00 bits per heavy atom. The molecule has 1 unspecified atom stereocenters. The molecule has 1 aliphatic heterocycles. The molecule has 0 saturated carbocycles. The van der Waals surface area contributed by atoms with E-state index in [-0.39, 0.29) is 11.8 Å². The van der Waals surface area contributed by atoms with Gasteiger partial charge in [0.05, 0.1) is 12.5 Å². The van der Waals surface area contributed by atoms with Crippen molar-refractivity contribution < 1.29 is 9.53 Å². The van der Waals surface area contributed by atoms with Crippen LogP contribution in [-0.4, -0.2) is 37.6 Å². The highest BCUT2D eigenvalue weighted by molar-refractivity contribution is 5.78. The van der Waals surface area contributed by atoms with Gasteiger partial charge in [0.1, 0.15) is 0 Å². The third-order valence-electron chi connectivity index (χ3n) is 2.51. The van der Waals surface area contributed by atoms with Gasteiger partial charge in [0.15, 0.2) is 0 Å². The number of methoxy groups -OCH3 is 1. The fourth-order valence-corrected chi connectivity index (χ4v) is 1.75. The molecule has 13 heavy (non-hydrogen) atoms. The van der Waals surface area contributed by atoms with Crippen LogP contribution in [0.15, 0.2) is 0 Å². The number of carbonyl (C=O) groups is 1. The van der Waals surface area contributed by atoms with Crippen molar-refractivity contribution in [1.29, 1.82) is 0 Å². The van der Waals surface area contributed by atoms with E-state index in [2.05, 4.69) is 0 Å². The van der Waals surface area contributed by atoms with Crippen LogP contribution < -0.4 is 0 Å². The Labute approximate surface area is 80.1 Å². The van der Waals surface area contributed by atoms with Crippen LogP contribution in [0, 0.1) is 5.92 Å². The fourth-order valence-electron chi connectivity index (χ4n) is 1.75. The number of hydrogen-bond acceptors (Lipinski definition) is 2. The van der Waals surface area contributed by atoms with Crippen molar-refractivity contribution in [3.05, 3.63) is 0 Å². The second-order valence-electron chi connectivity index (χ2n) is 3.74. The summed E-state index contributed by atoms with van der Waals surface area (Å²) in [6, 6.07) is 0. The molecule has 1 fully saturated rings. The molecule has 0 spiro atoms. The highest BCUT2D eigenvalue weighted by Crippen LogP contribution is 2.12. The van der Waals surface area contributed by atoms with Gasteiger partial charge in [-0.05, 0) is 19.3 Å². The molecule has 1 rings (SSSR count). The SMILES string of the molecule is COCC(C)C(=O)N1CCCCC1. The van der Waals surface area contributed by atoms with E-state index < -0.39 is 0 Å². The van der Waals surface area contributed by atoms with Crippen molar-refractivity contribution in [2.45, 2.75) is 26.2 Å². The highest BCUT2D eigenvalue weighted by Gasteiger charge is 2.21. The first-order valence-electron chi connectivity index (χ1n) is 5.03. The number of amides is 1. The van der Waals surface area contributed by atoms with Gasteiger partial charge in [-0.1, -0.05) is 6.92 Å². The lowest BCUT2D eigenvalue weighted by molar-refractivity contribution is -0.137. The zero-order valence-corrected chi connectivity index (χ0v) is 8.58. The van der Waals surface area contributed by atoms with Crippen molar-refractivity contribution in [2.75, 3.05) is 26.8 Å². The van der Waals surface area contributed by atoms with Crippen LogP contribution in [0.3, 0.4) is 0 Å². The smallest absolute Gasteiger partial charge is 0.227 e. The highest BCUT2D eigenvalue weighted by atomic mass is 16.5. The van der Waals surface area contributed by atoms with Gasteiger partial charge in [0.25, 0.3) is 0 Å². The summed E-state index contributed by atoms with van der Waals surface area (Å²) < 4.78 is 4.97. The number of likely N-dealkylation sites (tertiary alicyclic amines) is 1. The molecule has 0 N–H and O–H groups in total. The quantitative estimate of drug-likeness (QED) is 0.663. The number of ether oxygens (including phenoxy) is 1. The molecule has 1 atom stereocenters. The van der Waals surface area contributed by atoms with E-state index in [1.807, 2.05) is 11.8 Å². The Kier molecular flexibility index (Phi) is 4.22. The summed E-state index contributed by atoms with van der Waals surface area (Å²) in [6.07, 6.45) is 3.58. The summed E-state index contributed by atoms with van der Waals surface area (Å²) in [6.45, 7) is 4.34. The van der Waals surface area contributed by atoms with E-state index in [0.717, 1.165) is 25.9 Å². The average Bonchev–Trinajstić information content (AvgIpc) is 2.18. The maximum atomic E-state index is 11.7. The van der Waals surface area contributed by atoms with Crippen LogP contribution in [0.1, 0.15) is 26.2 Å². The lowest BCUT2D eigenvalue weighted by Gasteiger charge is -2.28. The van der Waals surface area contributed by atoms with E-state index in [9.17, 15) is 4.79 Å². The molecule has 3 nitrogen and oxygen atoms in total. The molecule has 1 heterocycles. The standard InChI is InChI=1S/C10H19NO2/c1-9(8-13-2)10(12)11-6-4-3-5-7-11/h9H,3-8H2,1-2H3. The maximum absolute atomic E-state index is 11.7. The van der Waals surface area contributed by atoms with Crippen molar-refractivity contribution in [1.82, 2.24) is 4.90 Å². The zero-order chi connectivity index (χ0) is 9.68. The fraction of sp³-hybridized carbons (Fsp3) is 0.900. The topological polar surface area (TPSA) is 29.5 Å². The molecule has 76 valence electrons. The summed E-state index contributed by atoms with van der Waals surface area (Å²) >= 11 is 0. The molecule has 0 aromatic heterocycles. The maximum Gasteiger partial charge on any atom is 0.227 e. The van der Waals surface area contributed by atoms with Gasteiger partial charge in [0.2, 0.25) is 5.91 Å². The van der Waals surface area contributed by atoms with Crippen LogP contribution in [-0.2, 0) is 9.53 Å². The summed E-state index contributed by atoms with van der Waals surface area (Å²) in [7, 11) is 1.64. The molecule has 0 bridgehead atoms. The Hall–Kier alpha value is -0.570. The minimum Gasteiger partial charge on any atom is -0.384 e. The number of carbonyl (C=O) groups excluding carboxylic acids is 1. The van der Waals surface area contributed by atoms with Gasteiger partial charge in [-0.2, -0.15) is 0 Å². The van der Waals surface area contributed by atoms with Crippen LogP contribution in [0.4, 0.5) is 0 Å². The van der Waals surface area contributed by atoms with Gasteiger partial charge in [0, 0.05) is 20.2 Å². The van der Waals surface area contributed by atoms with Crippen molar-refractivity contribution >= 4 is 5.91 Å². The summed E-state index contributed by atoms with van der Waals surface area (Å²) in [5.41, 5.74) is 0. The number of nitrogens with zero attached hydrogens (tertiary/aromatic N) is 1. The molecule has 0 aromatic carbocycles. The Morgan fingerprint density at radius 1 is 1.38 bits per heavy atom. The summed E-state index contributed by atoms with van der Waals surface area (Å²) in [4.78, 5) is 13.7. The molecular formula is C10H19NO2. The average molecular weight is 185 g/mol.